The molecule has 0 heterocycles. The van der Waals surface area contributed by atoms with Crippen LogP contribution in [0, 0.1) is 0 Å². The highest BCUT2D eigenvalue weighted by Gasteiger charge is 2.16. The van der Waals surface area contributed by atoms with Gasteiger partial charge in [-0.15, -0.1) is 0 Å². The Morgan fingerprint density at radius 1 is 0.333 bits per heavy atom. The third-order valence-electron chi connectivity index (χ3n) is 5.71. The molecule has 0 radical (unpaired) electrons. The summed E-state index contributed by atoms with van der Waals surface area (Å²) in [6.07, 6.45) is 0. The summed E-state index contributed by atoms with van der Waals surface area (Å²) in [6, 6.07) is 31.5. The molecule has 0 aliphatic rings. The highest BCUT2D eigenvalue weighted by molar-refractivity contribution is 6.40. The minimum absolute atomic E-state index is 0.337. The Bertz CT molecular complexity index is 1510. The lowest BCUT2D eigenvalue weighted by Gasteiger charge is -2.16. The summed E-state index contributed by atoms with van der Waals surface area (Å²) >= 11 is 0. The van der Waals surface area contributed by atoms with Crippen molar-refractivity contribution in [3.63, 3.8) is 0 Å². The van der Waals surface area contributed by atoms with Crippen molar-refractivity contribution < 1.29 is 5.11 Å². The first-order valence-electron chi connectivity index (χ1n) is 9.20. The van der Waals surface area contributed by atoms with Crippen molar-refractivity contribution >= 4 is 53.9 Å². The van der Waals surface area contributed by atoms with E-state index in [0.29, 0.717) is 5.75 Å². The normalized spacial score (nSPS) is 11.9. The lowest BCUT2D eigenvalue weighted by Crippen LogP contribution is -1.88. The van der Waals surface area contributed by atoms with E-state index in [1.54, 1.807) is 6.07 Å². The van der Waals surface area contributed by atoms with E-state index in [4.69, 9.17) is 0 Å². The van der Waals surface area contributed by atoms with Crippen LogP contribution in [-0.2, 0) is 0 Å². The Balaban J connectivity index is 2.15. The van der Waals surface area contributed by atoms with E-state index in [1.165, 1.54) is 37.7 Å². The predicted molar refractivity (Wildman–Crippen MR) is 116 cm³/mol. The molecule has 0 aromatic heterocycles. The zero-order valence-electron chi connectivity index (χ0n) is 14.6. The maximum Gasteiger partial charge on any atom is 0.124 e. The van der Waals surface area contributed by atoms with Crippen LogP contribution in [0.1, 0.15) is 0 Å². The fraction of sp³-hybridized carbons (Fsp3) is 0. The van der Waals surface area contributed by atoms with Gasteiger partial charge in [-0.25, -0.2) is 0 Å². The van der Waals surface area contributed by atoms with Crippen LogP contribution >= 0.6 is 0 Å². The van der Waals surface area contributed by atoms with Crippen molar-refractivity contribution in [2.24, 2.45) is 0 Å². The summed E-state index contributed by atoms with van der Waals surface area (Å²) in [5, 5.41) is 22.5. The number of hydrogen-bond donors (Lipinski definition) is 1. The summed E-state index contributed by atoms with van der Waals surface area (Å²) in [5.41, 5.74) is 0. The average molecular weight is 344 g/mol. The van der Waals surface area contributed by atoms with Crippen molar-refractivity contribution in [3.8, 4) is 5.75 Å². The summed E-state index contributed by atoms with van der Waals surface area (Å²) < 4.78 is 0. The molecule has 0 aliphatic carbocycles. The van der Waals surface area contributed by atoms with E-state index in [2.05, 4.69) is 78.9 Å². The maximum absolute atomic E-state index is 10.9. The fourth-order valence-electron chi connectivity index (χ4n) is 4.64. The van der Waals surface area contributed by atoms with Gasteiger partial charge in [-0.1, -0.05) is 84.9 Å². The van der Waals surface area contributed by atoms with Crippen LogP contribution in [0.4, 0.5) is 0 Å². The van der Waals surface area contributed by atoms with Crippen LogP contribution in [0.25, 0.3) is 53.9 Å². The first-order chi connectivity index (χ1) is 13.3. The molecule has 0 amide bonds. The predicted octanol–water partition coefficient (Wildman–Crippen LogP) is 7.16. The third kappa shape index (κ3) is 1.83. The first-order valence-corrected chi connectivity index (χ1v) is 9.20. The molecule has 0 bridgehead atoms. The highest BCUT2D eigenvalue weighted by Crippen LogP contribution is 2.45. The number of rotatable bonds is 0. The molecule has 27 heavy (non-hydrogen) atoms. The number of phenols is 1. The lowest BCUT2D eigenvalue weighted by molar-refractivity contribution is 0.482. The van der Waals surface area contributed by atoms with Gasteiger partial charge in [-0.05, 0) is 49.2 Å². The van der Waals surface area contributed by atoms with Gasteiger partial charge in [-0.2, -0.15) is 0 Å². The summed E-state index contributed by atoms with van der Waals surface area (Å²) in [5.74, 6) is 0.337. The molecule has 0 fully saturated rings. The summed E-state index contributed by atoms with van der Waals surface area (Å²) in [4.78, 5) is 0. The third-order valence-corrected chi connectivity index (χ3v) is 5.71. The molecule has 0 saturated carbocycles. The van der Waals surface area contributed by atoms with Gasteiger partial charge < -0.3 is 5.11 Å². The van der Waals surface area contributed by atoms with Crippen molar-refractivity contribution in [2.75, 3.05) is 0 Å². The van der Waals surface area contributed by atoms with Crippen molar-refractivity contribution in [1.29, 1.82) is 0 Å². The van der Waals surface area contributed by atoms with Gasteiger partial charge >= 0.3 is 0 Å². The van der Waals surface area contributed by atoms with Gasteiger partial charge in [0.2, 0.25) is 0 Å². The molecular formula is C26H16O. The maximum atomic E-state index is 10.9. The molecule has 0 saturated heterocycles. The first kappa shape index (κ1) is 14.6. The molecule has 6 aromatic rings. The number of aromatic hydroxyl groups is 1. The molecule has 126 valence electrons. The minimum Gasteiger partial charge on any atom is -0.507 e. The number of phenolic OH excluding ortho intramolecular Hbond substituents is 1. The average Bonchev–Trinajstić information content (AvgIpc) is 2.73. The minimum atomic E-state index is 0.337. The Labute approximate surface area is 156 Å². The van der Waals surface area contributed by atoms with E-state index in [-0.39, 0.29) is 0 Å². The molecule has 6 rings (SSSR count). The van der Waals surface area contributed by atoms with Gasteiger partial charge in [0.1, 0.15) is 5.75 Å². The zero-order chi connectivity index (χ0) is 18.0. The van der Waals surface area contributed by atoms with Crippen molar-refractivity contribution in [3.05, 3.63) is 91.0 Å². The van der Waals surface area contributed by atoms with E-state index in [0.717, 1.165) is 16.2 Å². The van der Waals surface area contributed by atoms with E-state index >= 15 is 0 Å². The zero-order valence-corrected chi connectivity index (χ0v) is 14.6. The second-order valence-electron chi connectivity index (χ2n) is 7.09. The summed E-state index contributed by atoms with van der Waals surface area (Å²) in [7, 11) is 0. The van der Waals surface area contributed by atoms with Gasteiger partial charge in [0.05, 0.1) is 0 Å². The van der Waals surface area contributed by atoms with E-state index in [1.807, 2.05) is 6.07 Å². The van der Waals surface area contributed by atoms with Crippen LogP contribution in [0.15, 0.2) is 91.0 Å². The molecule has 1 nitrogen and oxygen atoms in total. The van der Waals surface area contributed by atoms with Gasteiger partial charge in [0, 0.05) is 10.8 Å². The SMILES string of the molecule is Oc1cccc2c3ccccc3c3c4ccccc4c4ccccc4c3c12. The van der Waals surface area contributed by atoms with Crippen molar-refractivity contribution in [1.82, 2.24) is 0 Å². The Hall–Kier alpha value is -3.58. The number of fused-ring (bicyclic) bond motifs is 11. The molecule has 1 heteroatoms. The van der Waals surface area contributed by atoms with Gasteiger partial charge in [0.25, 0.3) is 0 Å². The van der Waals surface area contributed by atoms with Crippen LogP contribution in [0.3, 0.4) is 0 Å². The van der Waals surface area contributed by atoms with Crippen molar-refractivity contribution in [2.45, 2.75) is 0 Å². The monoisotopic (exact) mass is 344 g/mol. The largest absolute Gasteiger partial charge is 0.507 e. The fourth-order valence-corrected chi connectivity index (χ4v) is 4.64. The number of hydrogen-bond acceptors (Lipinski definition) is 1. The molecule has 1 N–H and O–H groups in total. The van der Waals surface area contributed by atoms with Gasteiger partial charge in [0.15, 0.2) is 0 Å². The smallest absolute Gasteiger partial charge is 0.124 e. The standard InChI is InChI=1S/C26H16O/c27-23-15-7-14-21-18-10-3-5-12-20(18)24-19-11-4-1-8-16(19)17-9-2-6-13-22(17)26(24)25(21)23/h1-15,27H. The second-order valence-corrected chi connectivity index (χ2v) is 7.09. The second kappa shape index (κ2) is 5.21. The van der Waals surface area contributed by atoms with Gasteiger partial charge in [-0.3, -0.25) is 0 Å². The van der Waals surface area contributed by atoms with E-state index < -0.39 is 0 Å². The molecule has 0 spiro atoms. The summed E-state index contributed by atoms with van der Waals surface area (Å²) in [6.45, 7) is 0. The molecule has 0 unspecified atom stereocenters. The van der Waals surface area contributed by atoms with Crippen LogP contribution in [0.5, 0.6) is 5.75 Å². The molecule has 6 aromatic carbocycles. The number of benzene rings is 6. The van der Waals surface area contributed by atoms with Crippen LogP contribution in [-0.4, -0.2) is 5.11 Å². The van der Waals surface area contributed by atoms with Crippen LogP contribution < -0.4 is 0 Å². The Kier molecular flexibility index (Phi) is 2.81. The Morgan fingerprint density at radius 2 is 0.704 bits per heavy atom. The highest BCUT2D eigenvalue weighted by atomic mass is 16.3. The molecular weight excluding hydrogens is 328 g/mol. The quantitative estimate of drug-likeness (QED) is 0.290. The van der Waals surface area contributed by atoms with Crippen LogP contribution in [0.2, 0.25) is 0 Å². The van der Waals surface area contributed by atoms with E-state index in [9.17, 15) is 5.11 Å². The Morgan fingerprint density at radius 3 is 1.26 bits per heavy atom. The topological polar surface area (TPSA) is 20.2 Å². The molecule has 0 atom stereocenters. The molecule has 0 aliphatic heterocycles. The lowest BCUT2D eigenvalue weighted by atomic mass is 9.87.